The van der Waals surface area contributed by atoms with Crippen molar-refractivity contribution in [2.24, 2.45) is 0 Å². The highest BCUT2D eigenvalue weighted by molar-refractivity contribution is 6.31. The van der Waals surface area contributed by atoms with Gasteiger partial charge in [0.15, 0.2) is 0 Å². The van der Waals surface area contributed by atoms with Crippen LogP contribution in [0.2, 0.25) is 5.02 Å². The Labute approximate surface area is 186 Å². The van der Waals surface area contributed by atoms with Gasteiger partial charge in [0.25, 0.3) is 5.91 Å². The Morgan fingerprint density at radius 3 is 2.29 bits per heavy atom. The number of nitriles is 1. The molecular weight excluding hydrogens is 412 g/mol. The minimum Gasteiger partial charge on any atom is -0.494 e. The number of hydrogen-bond donors (Lipinski definition) is 1. The summed E-state index contributed by atoms with van der Waals surface area (Å²) in [5, 5.41) is 12.8. The lowest BCUT2D eigenvalue weighted by atomic mass is 10.1. The number of carbonyl (C=O) groups excluding carboxylic acids is 1. The van der Waals surface area contributed by atoms with Crippen LogP contribution in [-0.4, -0.2) is 12.5 Å². The molecule has 1 N–H and O–H groups in total. The Kier molecular flexibility index (Phi) is 7.69. The number of rotatable bonds is 8. The van der Waals surface area contributed by atoms with E-state index in [9.17, 15) is 10.1 Å². The van der Waals surface area contributed by atoms with Gasteiger partial charge in [0.1, 0.15) is 29.7 Å². The van der Waals surface area contributed by atoms with Crippen molar-refractivity contribution < 1.29 is 14.3 Å². The Hall–Kier alpha value is -3.75. The standard InChI is InChI=1S/C25H21ClN2O3/c1-2-30-22-11-7-18(8-12-22)15-20(16-27)25(29)28-21-9-13-23(14-10-21)31-17-19-5-3-4-6-24(19)26/h3-15H,2,17H2,1H3,(H,28,29)/b20-15+. The van der Waals surface area contributed by atoms with E-state index in [1.54, 1.807) is 48.5 Å². The molecule has 3 aromatic rings. The molecule has 1 amide bonds. The van der Waals surface area contributed by atoms with Crippen LogP contribution in [0.15, 0.2) is 78.4 Å². The quantitative estimate of drug-likeness (QED) is 0.357. The zero-order valence-electron chi connectivity index (χ0n) is 17.0. The normalized spacial score (nSPS) is 10.8. The van der Waals surface area contributed by atoms with Crippen LogP contribution in [0.3, 0.4) is 0 Å². The second-order valence-electron chi connectivity index (χ2n) is 6.53. The molecular formula is C25H21ClN2O3. The smallest absolute Gasteiger partial charge is 0.266 e. The highest BCUT2D eigenvalue weighted by Crippen LogP contribution is 2.21. The summed E-state index contributed by atoms with van der Waals surface area (Å²) < 4.78 is 11.1. The molecule has 0 saturated carbocycles. The first-order valence-electron chi connectivity index (χ1n) is 9.71. The lowest BCUT2D eigenvalue weighted by molar-refractivity contribution is -0.112. The van der Waals surface area contributed by atoms with Gasteiger partial charge in [0, 0.05) is 16.3 Å². The Bertz CT molecular complexity index is 1100. The lowest BCUT2D eigenvalue weighted by Crippen LogP contribution is -2.13. The summed E-state index contributed by atoms with van der Waals surface area (Å²) in [4.78, 5) is 12.5. The topological polar surface area (TPSA) is 71.3 Å². The van der Waals surface area contributed by atoms with Gasteiger partial charge >= 0.3 is 0 Å². The molecule has 3 rings (SSSR count). The van der Waals surface area contributed by atoms with Gasteiger partial charge < -0.3 is 14.8 Å². The van der Waals surface area contributed by atoms with E-state index in [-0.39, 0.29) is 5.57 Å². The van der Waals surface area contributed by atoms with E-state index >= 15 is 0 Å². The third kappa shape index (κ3) is 6.36. The molecule has 0 fully saturated rings. The molecule has 0 bridgehead atoms. The van der Waals surface area contributed by atoms with Crippen molar-refractivity contribution in [3.63, 3.8) is 0 Å². The molecule has 0 atom stereocenters. The van der Waals surface area contributed by atoms with Crippen LogP contribution in [0.25, 0.3) is 6.08 Å². The number of carbonyl (C=O) groups is 1. The highest BCUT2D eigenvalue weighted by atomic mass is 35.5. The number of halogens is 1. The van der Waals surface area contributed by atoms with Gasteiger partial charge in [-0.2, -0.15) is 5.26 Å². The summed E-state index contributed by atoms with van der Waals surface area (Å²) in [6, 6.07) is 23.5. The van der Waals surface area contributed by atoms with E-state index in [1.165, 1.54) is 6.08 Å². The Morgan fingerprint density at radius 2 is 1.65 bits per heavy atom. The predicted molar refractivity (Wildman–Crippen MR) is 122 cm³/mol. The zero-order valence-corrected chi connectivity index (χ0v) is 17.7. The van der Waals surface area contributed by atoms with Gasteiger partial charge in [-0.05, 0) is 61.0 Å². The molecule has 31 heavy (non-hydrogen) atoms. The van der Waals surface area contributed by atoms with Crippen molar-refractivity contribution in [3.8, 4) is 17.6 Å². The fraction of sp³-hybridized carbons (Fsp3) is 0.120. The molecule has 0 aromatic heterocycles. The average Bonchev–Trinajstić information content (AvgIpc) is 2.79. The number of ether oxygens (including phenoxy) is 2. The molecule has 0 saturated heterocycles. The highest BCUT2D eigenvalue weighted by Gasteiger charge is 2.10. The molecule has 5 nitrogen and oxygen atoms in total. The molecule has 0 aliphatic heterocycles. The fourth-order valence-electron chi connectivity index (χ4n) is 2.75. The molecule has 0 aliphatic rings. The van der Waals surface area contributed by atoms with Crippen molar-refractivity contribution in [1.29, 1.82) is 5.26 Å². The van der Waals surface area contributed by atoms with E-state index in [0.29, 0.717) is 29.7 Å². The first-order chi connectivity index (χ1) is 15.1. The maximum absolute atomic E-state index is 12.5. The van der Waals surface area contributed by atoms with E-state index < -0.39 is 5.91 Å². The molecule has 0 aliphatic carbocycles. The van der Waals surface area contributed by atoms with Gasteiger partial charge in [0.2, 0.25) is 0 Å². The van der Waals surface area contributed by atoms with Crippen molar-refractivity contribution >= 4 is 29.3 Å². The first-order valence-corrected chi connectivity index (χ1v) is 10.1. The third-order valence-corrected chi connectivity index (χ3v) is 4.70. The van der Waals surface area contributed by atoms with Crippen LogP contribution >= 0.6 is 11.6 Å². The summed E-state index contributed by atoms with van der Waals surface area (Å²) in [5.41, 5.74) is 2.18. The molecule has 0 heterocycles. The summed E-state index contributed by atoms with van der Waals surface area (Å²) in [6.45, 7) is 2.82. The van der Waals surface area contributed by atoms with E-state index in [2.05, 4.69) is 5.32 Å². The third-order valence-electron chi connectivity index (χ3n) is 4.33. The maximum Gasteiger partial charge on any atom is 0.266 e. The van der Waals surface area contributed by atoms with E-state index in [4.69, 9.17) is 21.1 Å². The van der Waals surface area contributed by atoms with Crippen LogP contribution in [0.4, 0.5) is 5.69 Å². The minimum absolute atomic E-state index is 0.00297. The van der Waals surface area contributed by atoms with Crippen molar-refractivity contribution in [2.45, 2.75) is 13.5 Å². The summed E-state index contributed by atoms with van der Waals surface area (Å²) in [5.74, 6) is 0.893. The van der Waals surface area contributed by atoms with Gasteiger partial charge in [-0.15, -0.1) is 0 Å². The van der Waals surface area contributed by atoms with E-state index in [1.807, 2.05) is 37.3 Å². The average molecular weight is 433 g/mol. The minimum atomic E-state index is -0.485. The summed E-state index contributed by atoms with van der Waals surface area (Å²) in [7, 11) is 0. The van der Waals surface area contributed by atoms with Crippen LogP contribution in [0, 0.1) is 11.3 Å². The molecule has 0 unspecified atom stereocenters. The molecule has 6 heteroatoms. The van der Waals surface area contributed by atoms with E-state index in [0.717, 1.165) is 16.9 Å². The van der Waals surface area contributed by atoms with Crippen molar-refractivity contribution in [3.05, 3.63) is 94.5 Å². The van der Waals surface area contributed by atoms with Crippen LogP contribution in [-0.2, 0) is 11.4 Å². The number of anilines is 1. The van der Waals surface area contributed by atoms with Gasteiger partial charge in [-0.3, -0.25) is 4.79 Å². The second-order valence-corrected chi connectivity index (χ2v) is 6.94. The predicted octanol–water partition coefficient (Wildman–Crippen LogP) is 5.86. The largest absolute Gasteiger partial charge is 0.494 e. The maximum atomic E-state index is 12.5. The Balaban J connectivity index is 1.61. The van der Waals surface area contributed by atoms with Crippen molar-refractivity contribution in [1.82, 2.24) is 0 Å². The Morgan fingerprint density at radius 1 is 1.00 bits per heavy atom. The summed E-state index contributed by atoms with van der Waals surface area (Å²) >= 11 is 6.13. The lowest BCUT2D eigenvalue weighted by Gasteiger charge is -2.09. The summed E-state index contributed by atoms with van der Waals surface area (Å²) in [6.07, 6.45) is 1.53. The molecule has 0 radical (unpaired) electrons. The van der Waals surface area contributed by atoms with Crippen LogP contribution in [0.5, 0.6) is 11.5 Å². The molecule has 0 spiro atoms. The second kappa shape index (κ2) is 10.9. The zero-order chi connectivity index (χ0) is 22.1. The van der Waals surface area contributed by atoms with Crippen LogP contribution < -0.4 is 14.8 Å². The van der Waals surface area contributed by atoms with Crippen LogP contribution in [0.1, 0.15) is 18.1 Å². The molecule has 3 aromatic carbocycles. The van der Waals surface area contributed by atoms with Gasteiger partial charge in [0.05, 0.1) is 6.61 Å². The van der Waals surface area contributed by atoms with Gasteiger partial charge in [-0.1, -0.05) is 41.9 Å². The number of nitrogens with zero attached hydrogens (tertiary/aromatic N) is 1. The monoisotopic (exact) mass is 432 g/mol. The number of hydrogen-bond acceptors (Lipinski definition) is 4. The number of nitrogens with one attached hydrogen (secondary N) is 1. The molecule has 156 valence electrons. The van der Waals surface area contributed by atoms with Crippen molar-refractivity contribution in [2.75, 3.05) is 11.9 Å². The fourth-order valence-corrected chi connectivity index (χ4v) is 2.94. The number of amides is 1. The number of benzene rings is 3. The first kappa shape index (κ1) is 21.9. The van der Waals surface area contributed by atoms with Gasteiger partial charge in [-0.25, -0.2) is 0 Å². The SMILES string of the molecule is CCOc1ccc(/C=C(\C#N)C(=O)Nc2ccc(OCc3ccccc3Cl)cc2)cc1.